The minimum absolute atomic E-state index is 0.122. The molecule has 2 aromatic rings. The van der Waals surface area contributed by atoms with Crippen molar-refractivity contribution >= 4 is 5.91 Å². The fraction of sp³-hybridized carbons (Fsp3) is 0.471. The Morgan fingerprint density at radius 2 is 2.04 bits per heavy atom. The lowest BCUT2D eigenvalue weighted by Gasteiger charge is -2.17. The number of likely N-dealkylation sites (N-methyl/N-ethyl adjacent to an activating group) is 1. The zero-order chi connectivity index (χ0) is 17.5. The predicted molar refractivity (Wildman–Crippen MR) is 91.2 cm³/mol. The van der Waals surface area contributed by atoms with Gasteiger partial charge in [0.1, 0.15) is 11.6 Å². The molecule has 1 unspecified atom stereocenters. The first-order valence-corrected chi connectivity index (χ1v) is 7.98. The monoisotopic (exact) mass is 331 g/mol. The van der Waals surface area contributed by atoms with Crippen LogP contribution in [0.15, 0.2) is 30.3 Å². The van der Waals surface area contributed by atoms with Crippen molar-refractivity contribution in [3.05, 3.63) is 47.5 Å². The van der Waals surface area contributed by atoms with E-state index in [1.54, 1.807) is 0 Å². The summed E-state index contributed by atoms with van der Waals surface area (Å²) < 4.78 is 1.90. The van der Waals surface area contributed by atoms with Crippen LogP contribution in [0, 0.1) is 6.92 Å². The van der Waals surface area contributed by atoms with E-state index in [1.807, 2.05) is 60.8 Å². The van der Waals surface area contributed by atoms with E-state index >= 15 is 0 Å². The SMILES string of the molecule is Cc1nnc(CN(C)CC(=O)NCC(O)Cc2ccccc2)n1C. The van der Waals surface area contributed by atoms with E-state index < -0.39 is 6.10 Å². The molecule has 1 aromatic carbocycles. The van der Waals surface area contributed by atoms with E-state index in [2.05, 4.69) is 15.5 Å². The molecule has 1 heterocycles. The summed E-state index contributed by atoms with van der Waals surface area (Å²) in [4.78, 5) is 13.8. The standard InChI is InChI=1S/C17H25N5O2/c1-13-19-20-16(22(13)3)11-21(2)12-17(24)18-10-15(23)9-14-7-5-4-6-8-14/h4-8,15,23H,9-12H2,1-3H3,(H,18,24). The fourth-order valence-corrected chi connectivity index (χ4v) is 2.38. The van der Waals surface area contributed by atoms with Crippen LogP contribution in [0.3, 0.4) is 0 Å². The number of rotatable bonds is 8. The lowest BCUT2D eigenvalue weighted by atomic mass is 10.1. The molecular weight excluding hydrogens is 306 g/mol. The number of hydrogen-bond acceptors (Lipinski definition) is 5. The van der Waals surface area contributed by atoms with E-state index in [0.29, 0.717) is 13.0 Å². The minimum atomic E-state index is -0.594. The van der Waals surface area contributed by atoms with Gasteiger partial charge in [-0.3, -0.25) is 9.69 Å². The Bertz CT molecular complexity index is 656. The summed E-state index contributed by atoms with van der Waals surface area (Å²) in [6, 6.07) is 9.73. The first kappa shape index (κ1) is 18.1. The molecule has 130 valence electrons. The molecule has 1 amide bonds. The van der Waals surface area contributed by atoms with Crippen LogP contribution in [0.4, 0.5) is 0 Å². The molecule has 0 aliphatic rings. The fourth-order valence-electron chi connectivity index (χ4n) is 2.38. The Kier molecular flexibility index (Phi) is 6.45. The number of aliphatic hydroxyl groups is 1. The van der Waals surface area contributed by atoms with Crippen molar-refractivity contribution in [1.82, 2.24) is 25.0 Å². The number of carbonyl (C=O) groups is 1. The van der Waals surface area contributed by atoms with Gasteiger partial charge >= 0.3 is 0 Å². The highest BCUT2D eigenvalue weighted by atomic mass is 16.3. The third kappa shape index (κ3) is 5.43. The number of hydrogen-bond donors (Lipinski definition) is 2. The van der Waals surface area contributed by atoms with Gasteiger partial charge in [0.05, 0.1) is 19.2 Å². The minimum Gasteiger partial charge on any atom is -0.391 e. The van der Waals surface area contributed by atoms with E-state index in [0.717, 1.165) is 17.2 Å². The highest BCUT2D eigenvalue weighted by Crippen LogP contribution is 2.03. The second-order valence-corrected chi connectivity index (χ2v) is 6.04. The smallest absolute Gasteiger partial charge is 0.234 e. The van der Waals surface area contributed by atoms with Crippen LogP contribution in [-0.4, -0.2) is 56.9 Å². The number of aliphatic hydroxyl groups excluding tert-OH is 1. The summed E-state index contributed by atoms with van der Waals surface area (Å²) in [6.45, 7) is 2.91. The topological polar surface area (TPSA) is 83.3 Å². The molecule has 0 bridgehead atoms. The zero-order valence-electron chi connectivity index (χ0n) is 14.4. The van der Waals surface area contributed by atoms with Gasteiger partial charge in [0.2, 0.25) is 5.91 Å². The molecule has 7 nitrogen and oxygen atoms in total. The van der Waals surface area contributed by atoms with Crippen LogP contribution in [0.2, 0.25) is 0 Å². The van der Waals surface area contributed by atoms with Crippen molar-refractivity contribution in [3.8, 4) is 0 Å². The molecule has 1 aromatic heterocycles. The Morgan fingerprint density at radius 3 is 2.67 bits per heavy atom. The number of aromatic nitrogens is 3. The van der Waals surface area contributed by atoms with Crippen LogP contribution in [-0.2, 0) is 24.8 Å². The van der Waals surface area contributed by atoms with Crippen molar-refractivity contribution in [3.63, 3.8) is 0 Å². The summed E-state index contributed by atoms with van der Waals surface area (Å²) in [7, 11) is 3.75. The first-order chi connectivity index (χ1) is 11.5. The number of amides is 1. The van der Waals surface area contributed by atoms with Gasteiger partial charge in [0, 0.05) is 20.0 Å². The van der Waals surface area contributed by atoms with Crippen molar-refractivity contribution in [1.29, 1.82) is 0 Å². The summed E-state index contributed by atoms with van der Waals surface area (Å²) in [5, 5.41) is 20.9. The molecule has 0 saturated carbocycles. The molecule has 2 N–H and O–H groups in total. The highest BCUT2D eigenvalue weighted by molar-refractivity contribution is 5.77. The predicted octanol–water partition coefficient (Wildman–Crippen LogP) is 0.275. The molecule has 0 fully saturated rings. The summed E-state index contributed by atoms with van der Waals surface area (Å²) >= 11 is 0. The van der Waals surface area contributed by atoms with Crippen LogP contribution in [0.25, 0.3) is 0 Å². The largest absolute Gasteiger partial charge is 0.391 e. The number of nitrogens with one attached hydrogen (secondary N) is 1. The van der Waals surface area contributed by atoms with Crippen molar-refractivity contribution in [2.45, 2.75) is 26.0 Å². The Labute approximate surface area is 142 Å². The number of nitrogens with zero attached hydrogens (tertiary/aromatic N) is 4. The Balaban J connectivity index is 1.71. The summed E-state index contributed by atoms with van der Waals surface area (Å²) in [6.07, 6.45) is -0.0714. The molecule has 0 aliphatic carbocycles. The average Bonchev–Trinajstić information content (AvgIpc) is 2.86. The van der Waals surface area contributed by atoms with Gasteiger partial charge in [0.25, 0.3) is 0 Å². The number of carbonyl (C=O) groups excluding carboxylic acids is 1. The van der Waals surface area contributed by atoms with Crippen molar-refractivity contribution in [2.75, 3.05) is 20.1 Å². The third-order valence-corrected chi connectivity index (χ3v) is 3.86. The van der Waals surface area contributed by atoms with Gasteiger partial charge < -0.3 is 15.0 Å². The molecule has 0 saturated heterocycles. The van der Waals surface area contributed by atoms with Crippen LogP contribution >= 0.6 is 0 Å². The molecule has 0 spiro atoms. The maximum Gasteiger partial charge on any atom is 0.234 e. The van der Waals surface area contributed by atoms with Gasteiger partial charge in [0.15, 0.2) is 0 Å². The molecule has 0 radical (unpaired) electrons. The van der Waals surface area contributed by atoms with Crippen LogP contribution in [0.5, 0.6) is 0 Å². The zero-order valence-corrected chi connectivity index (χ0v) is 14.4. The van der Waals surface area contributed by atoms with E-state index in [-0.39, 0.29) is 19.0 Å². The summed E-state index contributed by atoms with van der Waals surface area (Å²) in [5.41, 5.74) is 1.05. The first-order valence-electron chi connectivity index (χ1n) is 7.98. The van der Waals surface area contributed by atoms with Gasteiger partial charge in [-0.2, -0.15) is 0 Å². The van der Waals surface area contributed by atoms with Gasteiger partial charge in [-0.1, -0.05) is 30.3 Å². The average molecular weight is 331 g/mol. The Hall–Kier alpha value is -2.25. The number of benzene rings is 1. The quantitative estimate of drug-likeness (QED) is 0.726. The van der Waals surface area contributed by atoms with Gasteiger partial charge in [-0.25, -0.2) is 0 Å². The van der Waals surface area contributed by atoms with Crippen molar-refractivity contribution in [2.24, 2.45) is 7.05 Å². The second kappa shape index (κ2) is 8.56. The van der Waals surface area contributed by atoms with Gasteiger partial charge in [-0.05, 0) is 19.5 Å². The van der Waals surface area contributed by atoms with Crippen LogP contribution < -0.4 is 5.32 Å². The van der Waals surface area contributed by atoms with Crippen LogP contribution in [0.1, 0.15) is 17.2 Å². The molecular formula is C17H25N5O2. The third-order valence-electron chi connectivity index (χ3n) is 3.86. The normalized spacial score (nSPS) is 12.4. The molecule has 24 heavy (non-hydrogen) atoms. The van der Waals surface area contributed by atoms with E-state index in [1.165, 1.54) is 0 Å². The van der Waals surface area contributed by atoms with E-state index in [4.69, 9.17) is 0 Å². The Morgan fingerprint density at radius 1 is 1.33 bits per heavy atom. The van der Waals surface area contributed by atoms with E-state index in [9.17, 15) is 9.90 Å². The maximum atomic E-state index is 12.0. The molecule has 1 atom stereocenters. The van der Waals surface area contributed by atoms with Crippen molar-refractivity contribution < 1.29 is 9.90 Å². The van der Waals surface area contributed by atoms with Gasteiger partial charge in [-0.15, -0.1) is 10.2 Å². The lowest BCUT2D eigenvalue weighted by Crippen LogP contribution is -2.39. The molecule has 2 rings (SSSR count). The number of aryl methyl sites for hydroxylation is 1. The highest BCUT2D eigenvalue weighted by Gasteiger charge is 2.13. The molecule has 7 heteroatoms. The molecule has 0 aliphatic heterocycles. The second-order valence-electron chi connectivity index (χ2n) is 6.04. The summed E-state index contributed by atoms with van der Waals surface area (Å²) in [5.74, 6) is 1.53. The maximum absolute atomic E-state index is 12.0. The lowest BCUT2D eigenvalue weighted by molar-refractivity contribution is -0.122.